The van der Waals surface area contributed by atoms with Crippen LogP contribution < -0.4 is 5.73 Å². The van der Waals surface area contributed by atoms with E-state index in [4.69, 9.17) is 5.73 Å². The van der Waals surface area contributed by atoms with Crippen molar-refractivity contribution in [1.29, 1.82) is 0 Å². The van der Waals surface area contributed by atoms with Crippen molar-refractivity contribution in [2.75, 3.05) is 26.2 Å². The highest BCUT2D eigenvalue weighted by atomic mass is 35.5. The lowest BCUT2D eigenvalue weighted by Gasteiger charge is -2.38. The second-order valence-electron chi connectivity index (χ2n) is 7.03. The summed E-state index contributed by atoms with van der Waals surface area (Å²) in [4.78, 5) is 21.3. The van der Waals surface area contributed by atoms with Crippen molar-refractivity contribution < 1.29 is 4.79 Å². The maximum absolute atomic E-state index is 12.4. The maximum atomic E-state index is 12.4. The van der Waals surface area contributed by atoms with Gasteiger partial charge in [-0.25, -0.2) is 4.98 Å². The van der Waals surface area contributed by atoms with Crippen LogP contribution in [0.25, 0.3) is 0 Å². The molecule has 2 N–H and O–H groups in total. The van der Waals surface area contributed by atoms with Gasteiger partial charge in [-0.05, 0) is 11.8 Å². The first-order valence-electron chi connectivity index (χ1n) is 8.01. The molecule has 1 aromatic rings. The van der Waals surface area contributed by atoms with Gasteiger partial charge in [0, 0.05) is 38.1 Å². The quantitative estimate of drug-likeness (QED) is 0.848. The Morgan fingerprint density at radius 3 is 2.33 bits per heavy atom. The monoisotopic (exact) mass is 396 g/mol. The second-order valence-corrected chi connectivity index (χ2v) is 7.97. The van der Waals surface area contributed by atoms with E-state index in [1.54, 1.807) is 11.3 Å². The first-order chi connectivity index (χ1) is 10.3. The molecule has 0 radical (unpaired) electrons. The molecular formula is C16H30Cl2N4OS. The second kappa shape index (κ2) is 9.92. The highest BCUT2D eigenvalue weighted by Gasteiger charge is 2.32. The Hall–Kier alpha value is -0.400. The average Bonchev–Trinajstić information content (AvgIpc) is 2.93. The summed E-state index contributed by atoms with van der Waals surface area (Å²) < 4.78 is 0. The van der Waals surface area contributed by atoms with E-state index < -0.39 is 6.04 Å². The number of aryl methyl sites for hydroxylation is 1. The molecule has 1 aliphatic heterocycles. The van der Waals surface area contributed by atoms with Gasteiger partial charge in [-0.3, -0.25) is 9.69 Å². The molecule has 1 fully saturated rings. The van der Waals surface area contributed by atoms with Crippen LogP contribution in [-0.4, -0.2) is 52.9 Å². The molecule has 1 aliphatic rings. The molecule has 0 bridgehead atoms. The summed E-state index contributed by atoms with van der Waals surface area (Å²) >= 11 is 1.73. The van der Waals surface area contributed by atoms with E-state index in [1.165, 1.54) is 5.01 Å². The molecule has 0 aromatic carbocycles. The van der Waals surface area contributed by atoms with E-state index in [0.29, 0.717) is 0 Å². The smallest absolute Gasteiger partial charge is 0.240 e. The van der Waals surface area contributed by atoms with E-state index >= 15 is 0 Å². The van der Waals surface area contributed by atoms with Gasteiger partial charge in [-0.15, -0.1) is 36.2 Å². The minimum absolute atomic E-state index is 0. The summed E-state index contributed by atoms with van der Waals surface area (Å²) in [6, 6.07) is -0.426. The van der Waals surface area contributed by atoms with E-state index in [0.717, 1.165) is 44.8 Å². The van der Waals surface area contributed by atoms with Crippen LogP contribution in [0, 0.1) is 5.41 Å². The van der Waals surface area contributed by atoms with Crippen molar-refractivity contribution in [3.63, 3.8) is 0 Å². The fourth-order valence-corrected chi connectivity index (χ4v) is 3.24. The van der Waals surface area contributed by atoms with Crippen LogP contribution in [0.5, 0.6) is 0 Å². The molecule has 24 heavy (non-hydrogen) atoms. The van der Waals surface area contributed by atoms with Gasteiger partial charge in [0.05, 0.1) is 16.7 Å². The SMILES string of the molecule is CCc1nc(CN2CCN(C(=O)[C@@H](N)C(C)(C)C)CC2)cs1.Cl.Cl. The number of aromatic nitrogens is 1. The highest BCUT2D eigenvalue weighted by Crippen LogP contribution is 2.20. The first kappa shape index (κ1) is 23.6. The zero-order valence-corrected chi connectivity index (χ0v) is 17.4. The van der Waals surface area contributed by atoms with Crippen molar-refractivity contribution in [1.82, 2.24) is 14.8 Å². The Morgan fingerprint density at radius 2 is 1.88 bits per heavy atom. The van der Waals surface area contributed by atoms with Crippen LogP contribution in [0.3, 0.4) is 0 Å². The van der Waals surface area contributed by atoms with Gasteiger partial charge in [0.25, 0.3) is 0 Å². The number of carbonyl (C=O) groups excluding carboxylic acids is 1. The molecule has 0 saturated carbocycles. The normalized spacial score (nSPS) is 17.0. The summed E-state index contributed by atoms with van der Waals surface area (Å²) in [5.74, 6) is 0.0778. The molecule has 0 spiro atoms. The topological polar surface area (TPSA) is 62.5 Å². The van der Waals surface area contributed by atoms with Gasteiger partial charge in [0.1, 0.15) is 0 Å². The molecule has 0 aliphatic carbocycles. The Labute approximate surface area is 161 Å². The van der Waals surface area contributed by atoms with Gasteiger partial charge in [-0.1, -0.05) is 27.7 Å². The van der Waals surface area contributed by atoms with Gasteiger partial charge in [-0.2, -0.15) is 0 Å². The molecule has 2 rings (SSSR count). The Bertz CT molecular complexity index is 510. The third kappa shape index (κ3) is 6.15. The molecule has 1 atom stereocenters. The molecule has 140 valence electrons. The number of nitrogens with two attached hydrogens (primary N) is 1. The minimum atomic E-state index is -0.426. The van der Waals surface area contributed by atoms with E-state index in [2.05, 4.69) is 22.2 Å². The third-order valence-corrected chi connectivity index (χ3v) is 5.21. The van der Waals surface area contributed by atoms with Crippen molar-refractivity contribution in [3.8, 4) is 0 Å². The third-order valence-electron chi connectivity index (χ3n) is 4.17. The van der Waals surface area contributed by atoms with Crippen LogP contribution >= 0.6 is 36.2 Å². The summed E-state index contributed by atoms with van der Waals surface area (Å²) in [6.45, 7) is 12.3. The van der Waals surface area contributed by atoms with Crippen molar-refractivity contribution in [3.05, 3.63) is 16.1 Å². The minimum Gasteiger partial charge on any atom is -0.339 e. The average molecular weight is 397 g/mol. The Balaban J connectivity index is 0.00000264. The highest BCUT2D eigenvalue weighted by molar-refractivity contribution is 7.09. The van der Waals surface area contributed by atoms with Crippen molar-refractivity contribution in [2.24, 2.45) is 11.1 Å². The molecule has 8 heteroatoms. The van der Waals surface area contributed by atoms with Crippen LogP contribution in [0.2, 0.25) is 0 Å². The molecule has 5 nitrogen and oxygen atoms in total. The van der Waals surface area contributed by atoms with Gasteiger partial charge in [0.15, 0.2) is 0 Å². The van der Waals surface area contributed by atoms with Gasteiger partial charge in [0.2, 0.25) is 5.91 Å². The van der Waals surface area contributed by atoms with Crippen molar-refractivity contribution >= 4 is 42.1 Å². The number of carbonyl (C=O) groups is 1. The molecule has 1 amide bonds. The Kier molecular flexibility index (Phi) is 9.76. The van der Waals surface area contributed by atoms with Crippen LogP contribution in [0.4, 0.5) is 0 Å². The molecule has 2 heterocycles. The fourth-order valence-electron chi connectivity index (χ4n) is 2.51. The summed E-state index contributed by atoms with van der Waals surface area (Å²) in [5, 5.41) is 3.34. The predicted octanol–water partition coefficient (Wildman–Crippen LogP) is 2.57. The number of nitrogens with zero attached hydrogens (tertiary/aromatic N) is 3. The van der Waals surface area contributed by atoms with E-state index in [1.807, 2.05) is 25.7 Å². The van der Waals surface area contributed by atoms with Crippen LogP contribution in [0.15, 0.2) is 5.38 Å². The molecular weight excluding hydrogens is 367 g/mol. The van der Waals surface area contributed by atoms with Crippen molar-refractivity contribution in [2.45, 2.75) is 46.7 Å². The summed E-state index contributed by atoms with van der Waals surface area (Å²) in [7, 11) is 0. The first-order valence-corrected chi connectivity index (χ1v) is 8.89. The Morgan fingerprint density at radius 1 is 1.29 bits per heavy atom. The molecule has 1 aromatic heterocycles. The number of hydrogen-bond donors (Lipinski definition) is 1. The lowest BCUT2D eigenvalue weighted by atomic mass is 9.86. The predicted molar refractivity (Wildman–Crippen MR) is 105 cm³/mol. The maximum Gasteiger partial charge on any atom is 0.240 e. The van der Waals surface area contributed by atoms with Gasteiger partial charge >= 0.3 is 0 Å². The molecule has 0 unspecified atom stereocenters. The zero-order chi connectivity index (χ0) is 16.3. The lowest BCUT2D eigenvalue weighted by Crippen LogP contribution is -2.56. The number of amides is 1. The number of halogens is 2. The summed E-state index contributed by atoms with van der Waals surface area (Å²) in [6.07, 6.45) is 0.998. The number of hydrogen-bond acceptors (Lipinski definition) is 5. The largest absolute Gasteiger partial charge is 0.339 e. The van der Waals surface area contributed by atoms with E-state index in [-0.39, 0.29) is 36.1 Å². The molecule has 1 saturated heterocycles. The van der Waals surface area contributed by atoms with Gasteiger partial charge < -0.3 is 10.6 Å². The number of rotatable bonds is 4. The standard InChI is InChI=1S/C16H28N4OS.2ClH/c1-5-13-18-12(11-22-13)10-19-6-8-20(9-7-19)15(21)14(17)16(2,3)4;;/h11,14H,5-10,17H2,1-4H3;2*1H/t14-;;/m1../s1. The van der Waals surface area contributed by atoms with E-state index in [9.17, 15) is 4.79 Å². The zero-order valence-electron chi connectivity index (χ0n) is 14.9. The summed E-state index contributed by atoms with van der Waals surface area (Å²) in [5.41, 5.74) is 7.05. The number of thiazole rings is 1. The van der Waals surface area contributed by atoms with Crippen LogP contribution in [0.1, 0.15) is 38.4 Å². The van der Waals surface area contributed by atoms with Crippen LogP contribution in [-0.2, 0) is 17.8 Å². The number of piperazine rings is 1. The lowest BCUT2D eigenvalue weighted by molar-refractivity contribution is -0.136. The fraction of sp³-hybridized carbons (Fsp3) is 0.750.